The van der Waals surface area contributed by atoms with Crippen molar-refractivity contribution in [2.75, 3.05) is 5.75 Å². The summed E-state index contributed by atoms with van der Waals surface area (Å²) in [4.78, 5) is 4.89. The molecule has 0 aliphatic heterocycles. The van der Waals surface area contributed by atoms with Gasteiger partial charge < -0.3 is 5.11 Å². The van der Waals surface area contributed by atoms with Crippen LogP contribution in [0.25, 0.3) is 0 Å². The van der Waals surface area contributed by atoms with Crippen LogP contribution in [0.3, 0.4) is 0 Å². The fourth-order valence-electron chi connectivity index (χ4n) is 1.83. The van der Waals surface area contributed by atoms with Gasteiger partial charge >= 0.3 is 0 Å². The molecule has 0 bridgehead atoms. The molecule has 1 N–H and O–H groups in total. The zero-order valence-electron chi connectivity index (χ0n) is 11.4. The molecule has 2 aromatic rings. The first-order valence-corrected chi connectivity index (χ1v) is 7.66. The Morgan fingerprint density at radius 2 is 2.05 bits per heavy atom. The second kappa shape index (κ2) is 7.41. The van der Waals surface area contributed by atoms with Gasteiger partial charge in [-0.15, -0.1) is 11.8 Å². The van der Waals surface area contributed by atoms with Gasteiger partial charge in [-0.25, -0.2) is 4.39 Å². The Bertz CT molecular complexity index is 544. The van der Waals surface area contributed by atoms with E-state index in [1.807, 2.05) is 18.3 Å². The lowest BCUT2D eigenvalue weighted by Crippen LogP contribution is -2.14. The van der Waals surface area contributed by atoms with Crippen molar-refractivity contribution in [1.82, 2.24) is 4.98 Å². The van der Waals surface area contributed by atoms with Crippen LogP contribution < -0.4 is 0 Å². The van der Waals surface area contributed by atoms with Crippen molar-refractivity contribution in [3.8, 4) is 0 Å². The van der Waals surface area contributed by atoms with E-state index in [-0.39, 0.29) is 5.82 Å². The third-order valence-corrected chi connectivity index (χ3v) is 4.20. The number of hydrogen-bond acceptors (Lipinski definition) is 3. The summed E-state index contributed by atoms with van der Waals surface area (Å²) in [7, 11) is 0. The fraction of sp³-hybridized carbons (Fsp3) is 0.312. The highest BCUT2D eigenvalue weighted by molar-refractivity contribution is 7.99. The third-order valence-electron chi connectivity index (χ3n) is 3.01. The van der Waals surface area contributed by atoms with Crippen LogP contribution in [0.5, 0.6) is 0 Å². The lowest BCUT2D eigenvalue weighted by atomic mass is 10.1. The van der Waals surface area contributed by atoms with Crippen molar-refractivity contribution in [3.63, 3.8) is 0 Å². The van der Waals surface area contributed by atoms with E-state index >= 15 is 0 Å². The van der Waals surface area contributed by atoms with Crippen LogP contribution in [0, 0.1) is 5.82 Å². The Morgan fingerprint density at radius 3 is 2.70 bits per heavy atom. The zero-order chi connectivity index (χ0) is 14.4. The van der Waals surface area contributed by atoms with E-state index in [0.29, 0.717) is 17.1 Å². The van der Waals surface area contributed by atoms with E-state index in [1.165, 1.54) is 23.4 Å². The Balaban J connectivity index is 1.86. The first-order chi connectivity index (χ1) is 9.69. The van der Waals surface area contributed by atoms with Crippen molar-refractivity contribution >= 4 is 11.8 Å². The first-order valence-electron chi connectivity index (χ1n) is 6.68. The lowest BCUT2D eigenvalue weighted by Gasteiger charge is -2.10. The van der Waals surface area contributed by atoms with E-state index in [4.69, 9.17) is 0 Å². The van der Waals surface area contributed by atoms with E-state index in [2.05, 4.69) is 11.9 Å². The average molecular weight is 291 g/mol. The largest absolute Gasteiger partial charge is 0.392 e. The normalized spacial score (nSPS) is 12.3. The van der Waals surface area contributed by atoms with Crippen LogP contribution in [-0.2, 0) is 12.8 Å². The predicted molar refractivity (Wildman–Crippen MR) is 80.4 cm³/mol. The van der Waals surface area contributed by atoms with Crippen molar-refractivity contribution in [2.45, 2.75) is 30.8 Å². The predicted octanol–water partition coefficient (Wildman–Crippen LogP) is 3.48. The van der Waals surface area contributed by atoms with Crippen LogP contribution in [-0.4, -0.2) is 21.9 Å². The van der Waals surface area contributed by atoms with Gasteiger partial charge in [-0.1, -0.05) is 25.1 Å². The smallest absolute Gasteiger partial charge is 0.136 e. The molecule has 0 amide bonds. The molecule has 1 unspecified atom stereocenters. The van der Waals surface area contributed by atoms with Gasteiger partial charge in [0.15, 0.2) is 0 Å². The summed E-state index contributed by atoms with van der Waals surface area (Å²) < 4.78 is 13.4. The Labute approximate surface area is 123 Å². The molecule has 0 radical (unpaired) electrons. The number of aryl methyl sites for hydroxylation is 1. The van der Waals surface area contributed by atoms with Gasteiger partial charge in [0.2, 0.25) is 0 Å². The Kier molecular flexibility index (Phi) is 5.56. The SMILES string of the molecule is CCc1ccc(CC(O)CSc2ccccc2F)nc1. The molecule has 1 aromatic heterocycles. The topological polar surface area (TPSA) is 33.1 Å². The molecule has 106 valence electrons. The second-order valence-corrected chi connectivity index (χ2v) is 5.67. The van der Waals surface area contributed by atoms with Crippen LogP contribution >= 0.6 is 11.8 Å². The van der Waals surface area contributed by atoms with E-state index < -0.39 is 6.10 Å². The number of thioether (sulfide) groups is 1. The fourth-order valence-corrected chi connectivity index (χ4v) is 2.70. The number of halogens is 1. The number of nitrogens with zero attached hydrogens (tertiary/aromatic N) is 1. The summed E-state index contributed by atoms with van der Waals surface area (Å²) in [5.74, 6) is 0.216. The van der Waals surface area contributed by atoms with Crippen LogP contribution in [0.15, 0.2) is 47.5 Å². The molecule has 0 fully saturated rings. The Hall–Kier alpha value is -1.39. The molecule has 2 rings (SSSR count). The maximum atomic E-state index is 13.4. The van der Waals surface area contributed by atoms with E-state index in [1.54, 1.807) is 18.2 Å². The number of pyridine rings is 1. The van der Waals surface area contributed by atoms with Crippen LogP contribution in [0.4, 0.5) is 4.39 Å². The minimum Gasteiger partial charge on any atom is -0.392 e. The number of benzene rings is 1. The van der Waals surface area contributed by atoms with E-state index in [9.17, 15) is 9.50 Å². The molecule has 1 heterocycles. The number of aliphatic hydroxyl groups is 1. The van der Waals surface area contributed by atoms with Crippen molar-refractivity contribution < 1.29 is 9.50 Å². The lowest BCUT2D eigenvalue weighted by molar-refractivity contribution is 0.199. The summed E-state index contributed by atoms with van der Waals surface area (Å²) >= 11 is 1.33. The number of aromatic nitrogens is 1. The number of hydrogen-bond donors (Lipinski definition) is 1. The van der Waals surface area contributed by atoms with Gasteiger partial charge in [0.1, 0.15) is 5.82 Å². The average Bonchev–Trinajstić information content (AvgIpc) is 2.47. The first kappa shape index (κ1) is 15.0. The molecule has 0 aliphatic rings. The monoisotopic (exact) mass is 291 g/mol. The van der Waals surface area contributed by atoms with Gasteiger partial charge in [-0.3, -0.25) is 4.98 Å². The van der Waals surface area contributed by atoms with Crippen LogP contribution in [0.2, 0.25) is 0 Å². The van der Waals surface area contributed by atoms with Gasteiger partial charge in [0.25, 0.3) is 0 Å². The molecular formula is C16H18FNOS. The summed E-state index contributed by atoms with van der Waals surface area (Å²) in [5.41, 5.74) is 2.05. The van der Waals surface area contributed by atoms with Crippen LogP contribution in [0.1, 0.15) is 18.2 Å². The van der Waals surface area contributed by atoms with Gasteiger partial charge in [-0.2, -0.15) is 0 Å². The molecule has 0 saturated carbocycles. The minimum atomic E-state index is -0.528. The molecule has 2 nitrogen and oxygen atoms in total. The summed E-state index contributed by atoms with van der Waals surface area (Å²) in [6, 6.07) is 10.6. The number of rotatable bonds is 6. The molecule has 1 aromatic carbocycles. The summed E-state index contributed by atoms with van der Waals surface area (Å²) in [6.45, 7) is 2.08. The number of aliphatic hydroxyl groups excluding tert-OH is 1. The standard InChI is InChI=1S/C16H18FNOS/c1-2-12-7-8-13(18-10-12)9-14(19)11-20-16-6-4-3-5-15(16)17/h3-8,10,14,19H,2,9,11H2,1H3. The molecule has 1 atom stereocenters. The molecule has 0 saturated heterocycles. The maximum absolute atomic E-state index is 13.4. The summed E-state index contributed by atoms with van der Waals surface area (Å²) in [5, 5.41) is 10.00. The van der Waals surface area contributed by atoms with Gasteiger partial charge in [-0.05, 0) is 30.2 Å². The molecular weight excluding hydrogens is 273 g/mol. The Morgan fingerprint density at radius 1 is 1.25 bits per heavy atom. The molecule has 4 heteroatoms. The zero-order valence-corrected chi connectivity index (χ0v) is 12.2. The summed E-state index contributed by atoms with van der Waals surface area (Å²) in [6.07, 6.45) is 2.76. The molecule has 0 spiro atoms. The molecule has 20 heavy (non-hydrogen) atoms. The molecule has 0 aliphatic carbocycles. The highest BCUT2D eigenvalue weighted by Crippen LogP contribution is 2.22. The third kappa shape index (κ3) is 4.32. The van der Waals surface area contributed by atoms with Crippen molar-refractivity contribution in [2.24, 2.45) is 0 Å². The van der Waals surface area contributed by atoms with Crippen molar-refractivity contribution in [3.05, 3.63) is 59.7 Å². The van der Waals surface area contributed by atoms with E-state index in [0.717, 1.165) is 12.1 Å². The van der Waals surface area contributed by atoms with Gasteiger partial charge in [0.05, 0.1) is 6.10 Å². The maximum Gasteiger partial charge on any atom is 0.136 e. The van der Waals surface area contributed by atoms with Crippen molar-refractivity contribution in [1.29, 1.82) is 0 Å². The highest BCUT2D eigenvalue weighted by Gasteiger charge is 2.09. The quantitative estimate of drug-likeness (QED) is 0.827. The minimum absolute atomic E-state index is 0.241. The van der Waals surface area contributed by atoms with Gasteiger partial charge in [0, 0.05) is 29.0 Å². The highest BCUT2D eigenvalue weighted by atomic mass is 32.2. The second-order valence-electron chi connectivity index (χ2n) is 4.61.